The molecule has 2 heterocycles. The summed E-state index contributed by atoms with van der Waals surface area (Å²) in [6.07, 6.45) is 1.52. The zero-order valence-electron chi connectivity index (χ0n) is 13.4. The molecule has 1 aromatic carbocycles. The SMILES string of the molecule is Cc1cc(NC(C)c2ccc(C(C)C)cc2)n2ncnc2n1. The number of fused-ring (bicyclic) bond motifs is 1. The fourth-order valence-corrected chi connectivity index (χ4v) is 2.51. The Bertz CT molecular complexity index is 773. The largest absolute Gasteiger partial charge is 0.363 e. The molecule has 0 spiro atoms. The maximum Gasteiger partial charge on any atom is 0.254 e. The molecule has 3 aromatic rings. The fourth-order valence-electron chi connectivity index (χ4n) is 2.51. The zero-order valence-corrected chi connectivity index (χ0v) is 13.4. The van der Waals surface area contributed by atoms with Crippen LogP contribution in [0.25, 0.3) is 5.78 Å². The van der Waals surface area contributed by atoms with Crippen LogP contribution in [0.1, 0.15) is 49.6 Å². The molecular formula is C17H21N5. The summed E-state index contributed by atoms with van der Waals surface area (Å²) in [5.74, 6) is 2.07. The molecule has 3 rings (SSSR count). The lowest BCUT2D eigenvalue weighted by Gasteiger charge is -2.17. The summed E-state index contributed by atoms with van der Waals surface area (Å²) in [4.78, 5) is 8.51. The van der Waals surface area contributed by atoms with E-state index < -0.39 is 0 Å². The summed E-state index contributed by atoms with van der Waals surface area (Å²) in [7, 11) is 0. The molecule has 2 aromatic heterocycles. The number of aromatic nitrogens is 4. The van der Waals surface area contributed by atoms with Crippen molar-refractivity contribution in [2.45, 2.75) is 39.7 Å². The number of hydrogen-bond acceptors (Lipinski definition) is 4. The van der Waals surface area contributed by atoms with Crippen molar-refractivity contribution >= 4 is 11.6 Å². The van der Waals surface area contributed by atoms with Crippen LogP contribution >= 0.6 is 0 Å². The Kier molecular flexibility index (Phi) is 3.79. The predicted molar refractivity (Wildman–Crippen MR) is 88.1 cm³/mol. The molecule has 114 valence electrons. The van der Waals surface area contributed by atoms with E-state index >= 15 is 0 Å². The van der Waals surface area contributed by atoms with E-state index in [0.717, 1.165) is 11.5 Å². The molecule has 0 bridgehead atoms. The van der Waals surface area contributed by atoms with Gasteiger partial charge in [0.15, 0.2) is 0 Å². The summed E-state index contributed by atoms with van der Waals surface area (Å²) < 4.78 is 1.73. The van der Waals surface area contributed by atoms with Crippen molar-refractivity contribution < 1.29 is 0 Å². The summed E-state index contributed by atoms with van der Waals surface area (Å²) >= 11 is 0. The van der Waals surface area contributed by atoms with Crippen molar-refractivity contribution in [3.05, 3.63) is 53.5 Å². The van der Waals surface area contributed by atoms with Gasteiger partial charge in [0.1, 0.15) is 12.1 Å². The minimum absolute atomic E-state index is 0.176. The molecule has 0 fully saturated rings. The van der Waals surface area contributed by atoms with Crippen LogP contribution in [0, 0.1) is 6.92 Å². The number of rotatable bonds is 4. The van der Waals surface area contributed by atoms with Crippen molar-refractivity contribution in [1.29, 1.82) is 0 Å². The molecule has 0 amide bonds. The molecule has 1 unspecified atom stereocenters. The molecule has 0 saturated carbocycles. The van der Waals surface area contributed by atoms with Crippen molar-refractivity contribution in [3.8, 4) is 0 Å². The minimum atomic E-state index is 0.176. The van der Waals surface area contributed by atoms with Gasteiger partial charge in [0, 0.05) is 17.8 Å². The van der Waals surface area contributed by atoms with Gasteiger partial charge in [0.05, 0.1) is 0 Å². The summed E-state index contributed by atoms with van der Waals surface area (Å²) in [5.41, 5.74) is 3.52. The van der Waals surface area contributed by atoms with Gasteiger partial charge < -0.3 is 5.32 Å². The van der Waals surface area contributed by atoms with E-state index in [1.54, 1.807) is 4.52 Å². The highest BCUT2D eigenvalue weighted by molar-refractivity contribution is 5.46. The van der Waals surface area contributed by atoms with Crippen LogP contribution in [0.2, 0.25) is 0 Å². The van der Waals surface area contributed by atoms with E-state index in [-0.39, 0.29) is 6.04 Å². The highest BCUT2D eigenvalue weighted by Crippen LogP contribution is 2.22. The lowest BCUT2D eigenvalue weighted by Crippen LogP contribution is -2.11. The van der Waals surface area contributed by atoms with E-state index in [9.17, 15) is 0 Å². The molecule has 5 nitrogen and oxygen atoms in total. The standard InChI is InChI=1S/C17H21N5/c1-11(2)14-5-7-15(8-6-14)13(4)21-16-9-12(3)20-17-18-10-19-22(16)17/h5-11,13,21H,1-4H3. The van der Waals surface area contributed by atoms with Crippen LogP contribution in [0.5, 0.6) is 0 Å². The summed E-state index contributed by atoms with van der Waals surface area (Å²) in [6, 6.07) is 10.9. The van der Waals surface area contributed by atoms with Crippen molar-refractivity contribution in [2.24, 2.45) is 0 Å². The smallest absolute Gasteiger partial charge is 0.254 e. The lowest BCUT2D eigenvalue weighted by atomic mass is 9.99. The minimum Gasteiger partial charge on any atom is -0.363 e. The first-order chi connectivity index (χ1) is 10.5. The van der Waals surface area contributed by atoms with Gasteiger partial charge in [-0.2, -0.15) is 14.6 Å². The third-order valence-electron chi connectivity index (χ3n) is 3.85. The Morgan fingerprint density at radius 1 is 1.05 bits per heavy atom. The number of aryl methyl sites for hydroxylation is 1. The van der Waals surface area contributed by atoms with Crippen molar-refractivity contribution in [3.63, 3.8) is 0 Å². The Balaban J connectivity index is 1.86. The number of anilines is 1. The summed E-state index contributed by atoms with van der Waals surface area (Å²) in [6.45, 7) is 8.51. The molecule has 0 saturated heterocycles. The first-order valence-electron chi connectivity index (χ1n) is 7.58. The highest BCUT2D eigenvalue weighted by atomic mass is 15.4. The number of benzene rings is 1. The Labute approximate surface area is 130 Å². The second-order valence-corrected chi connectivity index (χ2v) is 5.94. The van der Waals surface area contributed by atoms with E-state index in [0.29, 0.717) is 11.7 Å². The van der Waals surface area contributed by atoms with Gasteiger partial charge in [-0.1, -0.05) is 38.1 Å². The Hall–Kier alpha value is -2.43. The van der Waals surface area contributed by atoms with Crippen LogP contribution in [-0.2, 0) is 0 Å². The van der Waals surface area contributed by atoms with Crippen LogP contribution in [0.4, 0.5) is 5.82 Å². The van der Waals surface area contributed by atoms with Crippen LogP contribution in [0.15, 0.2) is 36.7 Å². The van der Waals surface area contributed by atoms with E-state index in [1.165, 1.54) is 17.5 Å². The number of nitrogens with one attached hydrogen (secondary N) is 1. The third kappa shape index (κ3) is 2.79. The van der Waals surface area contributed by atoms with Crippen molar-refractivity contribution in [2.75, 3.05) is 5.32 Å². The lowest BCUT2D eigenvalue weighted by molar-refractivity contribution is 0.829. The Morgan fingerprint density at radius 3 is 2.41 bits per heavy atom. The van der Waals surface area contributed by atoms with Crippen LogP contribution < -0.4 is 5.32 Å². The second kappa shape index (κ2) is 5.75. The number of nitrogens with zero attached hydrogens (tertiary/aromatic N) is 4. The Morgan fingerprint density at radius 2 is 1.73 bits per heavy atom. The van der Waals surface area contributed by atoms with Gasteiger partial charge >= 0.3 is 0 Å². The van der Waals surface area contributed by atoms with E-state index in [4.69, 9.17) is 0 Å². The quantitative estimate of drug-likeness (QED) is 0.797. The van der Waals surface area contributed by atoms with Gasteiger partial charge in [0.2, 0.25) is 0 Å². The van der Waals surface area contributed by atoms with Crippen LogP contribution in [-0.4, -0.2) is 19.6 Å². The predicted octanol–water partition coefficient (Wildman–Crippen LogP) is 3.73. The molecule has 22 heavy (non-hydrogen) atoms. The molecule has 0 aliphatic rings. The molecular weight excluding hydrogens is 274 g/mol. The summed E-state index contributed by atoms with van der Waals surface area (Å²) in [5, 5.41) is 7.72. The van der Waals surface area contributed by atoms with Crippen LogP contribution in [0.3, 0.4) is 0 Å². The number of hydrogen-bond donors (Lipinski definition) is 1. The first kappa shape index (κ1) is 14.5. The van der Waals surface area contributed by atoms with Crippen molar-refractivity contribution in [1.82, 2.24) is 19.6 Å². The topological polar surface area (TPSA) is 55.1 Å². The van der Waals surface area contributed by atoms with E-state index in [1.807, 2.05) is 13.0 Å². The maximum absolute atomic E-state index is 4.36. The van der Waals surface area contributed by atoms with Gasteiger partial charge in [-0.05, 0) is 30.9 Å². The maximum atomic E-state index is 4.36. The second-order valence-electron chi connectivity index (χ2n) is 5.94. The molecule has 0 aliphatic carbocycles. The normalized spacial score (nSPS) is 12.8. The molecule has 0 aliphatic heterocycles. The molecule has 1 atom stereocenters. The third-order valence-corrected chi connectivity index (χ3v) is 3.85. The van der Waals surface area contributed by atoms with Gasteiger partial charge in [-0.3, -0.25) is 0 Å². The van der Waals surface area contributed by atoms with Gasteiger partial charge in [0.25, 0.3) is 5.78 Å². The highest BCUT2D eigenvalue weighted by Gasteiger charge is 2.10. The van der Waals surface area contributed by atoms with E-state index in [2.05, 4.69) is 65.4 Å². The zero-order chi connectivity index (χ0) is 15.7. The molecule has 1 N–H and O–H groups in total. The van der Waals surface area contributed by atoms with Gasteiger partial charge in [-0.25, -0.2) is 4.98 Å². The first-order valence-corrected chi connectivity index (χ1v) is 7.58. The average Bonchev–Trinajstić information content (AvgIpc) is 2.95. The molecule has 5 heteroatoms. The monoisotopic (exact) mass is 295 g/mol. The van der Waals surface area contributed by atoms with Gasteiger partial charge in [-0.15, -0.1) is 0 Å². The average molecular weight is 295 g/mol. The fraction of sp³-hybridized carbons (Fsp3) is 0.353. The molecule has 0 radical (unpaired) electrons.